The monoisotopic (exact) mass is 261 g/mol. The van der Waals surface area contributed by atoms with Gasteiger partial charge in [-0.25, -0.2) is 9.18 Å². The summed E-state index contributed by atoms with van der Waals surface area (Å²) in [4.78, 5) is 12.4. The van der Waals surface area contributed by atoms with Crippen molar-refractivity contribution >= 4 is 17.7 Å². The topological polar surface area (TPSA) is 40.5 Å². The van der Waals surface area contributed by atoms with Crippen molar-refractivity contribution in [2.75, 3.05) is 18.0 Å². The maximum Gasteiger partial charge on any atom is 0.328 e. The van der Waals surface area contributed by atoms with Crippen LogP contribution in [0.15, 0.2) is 49.6 Å². The molecule has 3 nitrogen and oxygen atoms in total. The fourth-order valence-corrected chi connectivity index (χ4v) is 1.70. The number of anilines is 1. The third-order valence-corrected chi connectivity index (χ3v) is 2.46. The van der Waals surface area contributed by atoms with Crippen LogP contribution in [0.25, 0.3) is 6.08 Å². The minimum atomic E-state index is -1.12. The molecule has 0 aliphatic heterocycles. The second kappa shape index (κ2) is 7.16. The summed E-state index contributed by atoms with van der Waals surface area (Å²) in [7, 11) is 0. The third-order valence-electron chi connectivity index (χ3n) is 2.46. The van der Waals surface area contributed by atoms with Crippen molar-refractivity contribution in [3.05, 3.63) is 61.0 Å². The molecule has 0 amide bonds. The van der Waals surface area contributed by atoms with Crippen LogP contribution in [0.2, 0.25) is 0 Å². The number of hydrogen-bond donors (Lipinski definition) is 1. The maximum atomic E-state index is 13.8. The number of aliphatic carboxylic acids is 1. The van der Waals surface area contributed by atoms with Gasteiger partial charge in [0.05, 0.1) is 0 Å². The fourth-order valence-electron chi connectivity index (χ4n) is 1.70. The smallest absolute Gasteiger partial charge is 0.328 e. The predicted octanol–water partition coefficient (Wildman–Crippen LogP) is 3.10. The van der Waals surface area contributed by atoms with E-state index in [-0.39, 0.29) is 5.56 Å². The molecule has 4 heteroatoms. The van der Waals surface area contributed by atoms with E-state index in [1.807, 2.05) is 4.90 Å². The highest BCUT2D eigenvalue weighted by Gasteiger charge is 2.11. The highest BCUT2D eigenvalue weighted by Crippen LogP contribution is 2.24. The Labute approximate surface area is 112 Å². The van der Waals surface area contributed by atoms with Crippen LogP contribution >= 0.6 is 0 Å². The number of carboxylic acid groups (broad SMARTS) is 1. The van der Waals surface area contributed by atoms with Gasteiger partial charge in [-0.2, -0.15) is 0 Å². The summed E-state index contributed by atoms with van der Waals surface area (Å²) < 4.78 is 13.8. The molecule has 0 aliphatic carbocycles. The second-order valence-electron chi connectivity index (χ2n) is 3.83. The van der Waals surface area contributed by atoms with Gasteiger partial charge < -0.3 is 10.0 Å². The molecule has 0 saturated carbocycles. The lowest BCUT2D eigenvalue weighted by atomic mass is 10.1. The number of hydrogen-bond acceptors (Lipinski definition) is 2. The van der Waals surface area contributed by atoms with E-state index < -0.39 is 11.8 Å². The fraction of sp³-hybridized carbons (Fsp3) is 0.133. The standard InChI is InChI=1S/C15H16FNO2/c1-3-10-17(11-4-2)14-7-5-6-13(16)12(14)8-9-15(18)19/h3-9H,1-2,10-11H2,(H,18,19)/b9-8+. The zero-order chi connectivity index (χ0) is 14.3. The lowest BCUT2D eigenvalue weighted by Gasteiger charge is -2.23. The van der Waals surface area contributed by atoms with Crippen LogP contribution in [-0.2, 0) is 4.79 Å². The van der Waals surface area contributed by atoms with E-state index in [1.165, 1.54) is 12.1 Å². The summed E-state index contributed by atoms with van der Waals surface area (Å²) in [6.07, 6.45) is 5.56. The number of nitrogens with zero attached hydrogens (tertiary/aromatic N) is 1. The van der Waals surface area contributed by atoms with Gasteiger partial charge in [0.1, 0.15) is 5.82 Å². The van der Waals surface area contributed by atoms with Gasteiger partial charge >= 0.3 is 5.97 Å². The molecule has 1 aromatic carbocycles. The Kier molecular flexibility index (Phi) is 5.54. The van der Waals surface area contributed by atoms with Gasteiger partial charge in [0.25, 0.3) is 0 Å². The van der Waals surface area contributed by atoms with Crippen LogP contribution < -0.4 is 4.90 Å². The molecule has 1 aromatic rings. The lowest BCUT2D eigenvalue weighted by molar-refractivity contribution is -0.131. The summed E-state index contributed by atoms with van der Waals surface area (Å²) >= 11 is 0. The number of halogens is 1. The summed E-state index contributed by atoms with van der Waals surface area (Å²) in [6.45, 7) is 8.34. The largest absolute Gasteiger partial charge is 0.478 e. The zero-order valence-electron chi connectivity index (χ0n) is 10.6. The van der Waals surface area contributed by atoms with Gasteiger partial charge in [-0.1, -0.05) is 18.2 Å². The number of carbonyl (C=O) groups is 1. The Morgan fingerprint density at radius 3 is 2.47 bits per heavy atom. The minimum absolute atomic E-state index is 0.244. The molecular formula is C15H16FNO2. The van der Waals surface area contributed by atoms with Crippen molar-refractivity contribution in [1.29, 1.82) is 0 Å². The first-order valence-electron chi connectivity index (χ1n) is 5.76. The van der Waals surface area contributed by atoms with Gasteiger partial charge in [-0.05, 0) is 18.2 Å². The molecule has 0 fully saturated rings. The summed E-state index contributed by atoms with van der Waals surface area (Å²) in [5.41, 5.74) is 0.853. The quantitative estimate of drug-likeness (QED) is 0.605. The summed E-state index contributed by atoms with van der Waals surface area (Å²) in [6, 6.07) is 4.62. The zero-order valence-corrected chi connectivity index (χ0v) is 10.6. The average molecular weight is 261 g/mol. The molecule has 0 bridgehead atoms. The molecule has 1 N–H and O–H groups in total. The van der Waals surface area contributed by atoms with Crippen LogP contribution in [0.1, 0.15) is 5.56 Å². The highest BCUT2D eigenvalue weighted by molar-refractivity contribution is 5.87. The minimum Gasteiger partial charge on any atom is -0.478 e. The van der Waals surface area contributed by atoms with Crippen molar-refractivity contribution in [1.82, 2.24) is 0 Å². The van der Waals surface area contributed by atoms with Crippen molar-refractivity contribution < 1.29 is 14.3 Å². The van der Waals surface area contributed by atoms with E-state index >= 15 is 0 Å². The Morgan fingerprint density at radius 1 is 1.32 bits per heavy atom. The van der Waals surface area contributed by atoms with Crippen LogP contribution in [0.4, 0.5) is 10.1 Å². The first-order chi connectivity index (χ1) is 9.10. The summed E-state index contributed by atoms with van der Waals surface area (Å²) in [5, 5.41) is 8.65. The van der Waals surface area contributed by atoms with Crippen molar-refractivity contribution in [2.45, 2.75) is 0 Å². The van der Waals surface area contributed by atoms with Crippen LogP contribution in [0.5, 0.6) is 0 Å². The number of benzene rings is 1. The molecule has 0 spiro atoms. The molecule has 0 aliphatic rings. The average Bonchev–Trinajstić information content (AvgIpc) is 2.36. The molecule has 0 aromatic heterocycles. The Morgan fingerprint density at radius 2 is 1.95 bits per heavy atom. The van der Waals surface area contributed by atoms with E-state index in [0.717, 1.165) is 6.08 Å². The molecule has 0 atom stereocenters. The van der Waals surface area contributed by atoms with E-state index in [0.29, 0.717) is 18.8 Å². The van der Waals surface area contributed by atoms with Gasteiger partial charge in [-0.3, -0.25) is 0 Å². The van der Waals surface area contributed by atoms with E-state index in [9.17, 15) is 9.18 Å². The van der Waals surface area contributed by atoms with Gasteiger partial charge in [0.15, 0.2) is 0 Å². The molecule has 0 saturated heterocycles. The molecule has 0 heterocycles. The van der Waals surface area contributed by atoms with Gasteiger partial charge in [0.2, 0.25) is 0 Å². The van der Waals surface area contributed by atoms with E-state index in [1.54, 1.807) is 24.3 Å². The predicted molar refractivity (Wildman–Crippen MR) is 75.7 cm³/mol. The highest BCUT2D eigenvalue weighted by atomic mass is 19.1. The number of rotatable bonds is 7. The normalized spacial score (nSPS) is 10.4. The lowest BCUT2D eigenvalue weighted by Crippen LogP contribution is -2.24. The summed E-state index contributed by atoms with van der Waals surface area (Å²) in [5.74, 6) is -1.58. The first kappa shape index (κ1) is 14.7. The first-order valence-corrected chi connectivity index (χ1v) is 5.76. The number of carboxylic acids is 1. The third kappa shape index (κ3) is 4.10. The molecule has 0 unspecified atom stereocenters. The Bertz CT molecular complexity index is 499. The van der Waals surface area contributed by atoms with Crippen LogP contribution in [-0.4, -0.2) is 24.2 Å². The Hall–Kier alpha value is -2.36. The maximum absolute atomic E-state index is 13.8. The van der Waals surface area contributed by atoms with Crippen LogP contribution in [0.3, 0.4) is 0 Å². The molecule has 1 rings (SSSR count). The SMILES string of the molecule is C=CCN(CC=C)c1cccc(F)c1/C=C/C(=O)O. The van der Waals surface area contributed by atoms with E-state index in [2.05, 4.69) is 13.2 Å². The van der Waals surface area contributed by atoms with Crippen molar-refractivity contribution in [2.24, 2.45) is 0 Å². The van der Waals surface area contributed by atoms with Gasteiger partial charge in [0, 0.05) is 30.4 Å². The molecule has 19 heavy (non-hydrogen) atoms. The van der Waals surface area contributed by atoms with Crippen LogP contribution in [0, 0.1) is 5.82 Å². The molecular weight excluding hydrogens is 245 g/mol. The van der Waals surface area contributed by atoms with Crippen molar-refractivity contribution in [3.8, 4) is 0 Å². The molecule has 100 valence electrons. The second-order valence-corrected chi connectivity index (χ2v) is 3.83. The van der Waals surface area contributed by atoms with E-state index in [4.69, 9.17) is 5.11 Å². The molecule has 0 radical (unpaired) electrons. The Balaban J connectivity index is 3.23. The van der Waals surface area contributed by atoms with Crippen molar-refractivity contribution in [3.63, 3.8) is 0 Å². The van der Waals surface area contributed by atoms with Gasteiger partial charge in [-0.15, -0.1) is 13.2 Å².